The van der Waals surface area contributed by atoms with E-state index in [0.29, 0.717) is 52.1 Å². The van der Waals surface area contributed by atoms with Crippen LogP contribution in [-0.2, 0) is 4.74 Å². The zero-order chi connectivity index (χ0) is 39.8. The molecule has 0 aliphatic heterocycles. The highest BCUT2D eigenvalue weighted by atomic mass is 16.7. The van der Waals surface area contributed by atoms with E-state index in [2.05, 4.69) is 26.0 Å². The van der Waals surface area contributed by atoms with Gasteiger partial charge in [0.15, 0.2) is 0 Å². The topological polar surface area (TPSA) is 97.4 Å². The van der Waals surface area contributed by atoms with E-state index in [9.17, 15) is 14.4 Å². The van der Waals surface area contributed by atoms with Crippen LogP contribution in [0.3, 0.4) is 0 Å². The van der Waals surface area contributed by atoms with Crippen LogP contribution in [-0.4, -0.2) is 30.8 Å². The van der Waals surface area contributed by atoms with Crippen LogP contribution in [0.15, 0.2) is 84.9 Å². The molecule has 57 heavy (non-hydrogen) atoms. The predicted molar refractivity (Wildman–Crippen MR) is 220 cm³/mol. The van der Waals surface area contributed by atoms with Crippen LogP contribution in [0, 0.1) is 34.5 Å². The van der Waals surface area contributed by atoms with Crippen LogP contribution in [0.5, 0.6) is 23.0 Å². The largest absolute Gasteiger partial charge is 0.514 e. The first-order valence-corrected chi connectivity index (χ1v) is 21.6. The average molecular weight is 777 g/mol. The molecule has 0 saturated heterocycles. The van der Waals surface area contributed by atoms with Crippen LogP contribution >= 0.6 is 0 Å². The summed E-state index contributed by atoms with van der Waals surface area (Å²) in [4.78, 5) is 38.3. The Labute approximate surface area is 338 Å². The molecule has 7 rings (SSSR count). The Morgan fingerprint density at radius 1 is 0.684 bits per heavy atom. The number of esters is 2. The van der Waals surface area contributed by atoms with Crippen LogP contribution < -0.4 is 18.9 Å². The highest BCUT2D eigenvalue weighted by molar-refractivity contribution is 5.92. The molecule has 304 valence electrons. The van der Waals surface area contributed by atoms with Gasteiger partial charge in [-0.2, -0.15) is 0 Å². The van der Waals surface area contributed by atoms with E-state index in [1.165, 1.54) is 77.0 Å². The number of carbonyl (C=O) groups is 3. The first kappa shape index (κ1) is 40.6. The minimum absolute atomic E-state index is 0.174. The third kappa shape index (κ3) is 9.93. The summed E-state index contributed by atoms with van der Waals surface area (Å²) >= 11 is 0. The van der Waals surface area contributed by atoms with Crippen molar-refractivity contribution in [3.8, 4) is 23.0 Å². The molecule has 4 aliphatic carbocycles. The lowest BCUT2D eigenvalue weighted by atomic mass is 9.51. The Hall–Kier alpha value is -4.59. The number of carbonyl (C=O) groups excluding carboxylic acids is 3. The molecule has 2 bridgehead atoms. The van der Waals surface area contributed by atoms with Crippen LogP contribution in [0.2, 0.25) is 0 Å². The fourth-order valence-electron chi connectivity index (χ4n) is 10.7. The van der Waals surface area contributed by atoms with Crippen molar-refractivity contribution in [1.29, 1.82) is 0 Å². The summed E-state index contributed by atoms with van der Waals surface area (Å²) in [6.45, 7) is 7.11. The van der Waals surface area contributed by atoms with Gasteiger partial charge in [-0.3, -0.25) is 0 Å². The Morgan fingerprint density at radius 2 is 1.30 bits per heavy atom. The third-order valence-corrected chi connectivity index (χ3v) is 13.5. The molecule has 6 atom stereocenters. The lowest BCUT2D eigenvalue weighted by Crippen LogP contribution is -2.46. The predicted octanol–water partition coefficient (Wildman–Crippen LogP) is 12.3. The standard InChI is InChI=1S/C49H60O8/c1-4-53-39-18-13-35(14-19-39)45(50)54-40-22-24-41(25-23-40)55-46(51)36-15-20-42(21-16-36)56-47(52)57-43-26-31-49-30-9-29-48(27-7-5-6-10-34(2)3)28-8-11-44(48)37(33-49)12-17-38(49)32-43/h12-25,34,37-38,43-44H,4-11,26-33H2,1-3H3/t37?,38?,43?,44?,48-,49+/m1/s1. The molecule has 8 nitrogen and oxygen atoms in total. The van der Waals surface area contributed by atoms with E-state index in [-0.39, 0.29) is 17.4 Å². The first-order valence-electron chi connectivity index (χ1n) is 21.6. The van der Waals surface area contributed by atoms with Crippen molar-refractivity contribution in [2.24, 2.45) is 34.5 Å². The van der Waals surface area contributed by atoms with Gasteiger partial charge < -0.3 is 23.7 Å². The van der Waals surface area contributed by atoms with E-state index >= 15 is 0 Å². The molecule has 3 saturated carbocycles. The van der Waals surface area contributed by atoms with Gasteiger partial charge in [0.25, 0.3) is 0 Å². The molecule has 1 spiro atoms. The Kier molecular flexibility index (Phi) is 13.1. The molecule has 3 fully saturated rings. The van der Waals surface area contributed by atoms with Gasteiger partial charge in [0.1, 0.15) is 29.1 Å². The number of benzene rings is 3. The van der Waals surface area contributed by atoms with E-state index in [4.69, 9.17) is 23.7 Å². The second kappa shape index (κ2) is 18.3. The van der Waals surface area contributed by atoms with Crippen molar-refractivity contribution in [1.82, 2.24) is 0 Å². The van der Waals surface area contributed by atoms with Crippen molar-refractivity contribution in [2.45, 2.75) is 123 Å². The molecule has 0 N–H and O–H groups in total. The van der Waals surface area contributed by atoms with Crippen LogP contribution in [0.1, 0.15) is 138 Å². The highest BCUT2D eigenvalue weighted by Crippen LogP contribution is 2.62. The molecule has 4 unspecified atom stereocenters. The summed E-state index contributed by atoms with van der Waals surface area (Å²) < 4.78 is 27.8. The zero-order valence-corrected chi connectivity index (χ0v) is 34.0. The van der Waals surface area contributed by atoms with Gasteiger partial charge >= 0.3 is 18.1 Å². The number of unbranched alkanes of at least 4 members (excludes halogenated alkanes) is 2. The number of fused-ring (bicyclic) bond motifs is 3. The molecule has 0 heterocycles. The lowest BCUT2D eigenvalue weighted by Gasteiger charge is -2.54. The van der Waals surface area contributed by atoms with E-state index in [1.54, 1.807) is 72.8 Å². The zero-order valence-electron chi connectivity index (χ0n) is 34.0. The molecule has 8 heteroatoms. The van der Waals surface area contributed by atoms with Gasteiger partial charge in [-0.25, -0.2) is 14.4 Å². The second-order valence-corrected chi connectivity index (χ2v) is 17.5. The van der Waals surface area contributed by atoms with E-state index < -0.39 is 18.1 Å². The van der Waals surface area contributed by atoms with Crippen LogP contribution in [0.25, 0.3) is 0 Å². The minimum Gasteiger partial charge on any atom is -0.494 e. The third-order valence-electron chi connectivity index (χ3n) is 13.5. The maximum Gasteiger partial charge on any atom is 0.514 e. The van der Waals surface area contributed by atoms with Crippen molar-refractivity contribution in [2.75, 3.05) is 6.61 Å². The van der Waals surface area contributed by atoms with Gasteiger partial charge in [-0.1, -0.05) is 64.5 Å². The minimum atomic E-state index is -0.714. The summed E-state index contributed by atoms with van der Waals surface area (Å²) in [6, 6.07) is 19.1. The number of allylic oxidation sites excluding steroid dienone is 2. The van der Waals surface area contributed by atoms with Crippen molar-refractivity contribution < 1.29 is 38.1 Å². The molecular weight excluding hydrogens is 717 g/mol. The molecule has 0 aromatic heterocycles. The summed E-state index contributed by atoms with van der Waals surface area (Å²) in [6.07, 6.45) is 23.5. The number of hydrogen-bond acceptors (Lipinski definition) is 8. The fraction of sp³-hybridized carbons (Fsp3) is 0.531. The number of rotatable bonds is 14. The summed E-state index contributed by atoms with van der Waals surface area (Å²) in [5.74, 6) is 3.24. The van der Waals surface area contributed by atoms with Gasteiger partial charge in [0.05, 0.1) is 17.7 Å². The summed E-state index contributed by atoms with van der Waals surface area (Å²) in [7, 11) is 0. The molecular formula is C49H60O8. The summed E-state index contributed by atoms with van der Waals surface area (Å²) in [5, 5.41) is 0. The summed E-state index contributed by atoms with van der Waals surface area (Å²) in [5.41, 5.74) is 1.55. The quantitative estimate of drug-likeness (QED) is 0.0525. The van der Waals surface area contributed by atoms with Crippen molar-refractivity contribution in [3.63, 3.8) is 0 Å². The van der Waals surface area contributed by atoms with E-state index in [1.807, 2.05) is 6.92 Å². The molecule has 4 aliphatic rings. The van der Waals surface area contributed by atoms with Crippen molar-refractivity contribution >= 4 is 18.1 Å². The van der Waals surface area contributed by atoms with Gasteiger partial charge in [0.2, 0.25) is 0 Å². The normalized spacial score (nSPS) is 26.3. The highest BCUT2D eigenvalue weighted by Gasteiger charge is 2.53. The molecule has 3 aromatic rings. The van der Waals surface area contributed by atoms with Crippen LogP contribution in [0.4, 0.5) is 4.79 Å². The first-order chi connectivity index (χ1) is 27.6. The van der Waals surface area contributed by atoms with Gasteiger partial charge in [0, 0.05) is 0 Å². The maximum atomic E-state index is 13.0. The lowest BCUT2D eigenvalue weighted by molar-refractivity contribution is -0.0411. The van der Waals surface area contributed by atoms with Gasteiger partial charge in [-0.05, 0) is 172 Å². The van der Waals surface area contributed by atoms with Crippen molar-refractivity contribution in [3.05, 3.63) is 96.1 Å². The SMILES string of the molecule is CCOc1ccc(C(=O)Oc2ccc(OC(=O)c3ccc(OC(=O)OC4CC[C@]56CCC[C@@]7(CCCCCC(C)C)CCCC7C(C=CC5C4)C6)cc3)cc2)cc1. The Balaban J connectivity index is 0.866. The molecule has 0 amide bonds. The second-order valence-electron chi connectivity index (χ2n) is 17.5. The molecule has 0 radical (unpaired) electrons. The Morgan fingerprint density at radius 3 is 1.95 bits per heavy atom. The maximum absolute atomic E-state index is 13.0. The fourth-order valence-corrected chi connectivity index (χ4v) is 10.7. The monoisotopic (exact) mass is 776 g/mol. The van der Waals surface area contributed by atoms with E-state index in [0.717, 1.165) is 31.1 Å². The van der Waals surface area contributed by atoms with Gasteiger partial charge in [-0.15, -0.1) is 0 Å². The Bertz CT molecular complexity index is 1850. The smallest absolute Gasteiger partial charge is 0.494 e. The average Bonchev–Trinajstić information content (AvgIpc) is 3.61. The molecule has 3 aromatic carbocycles. The number of hydrogen-bond donors (Lipinski definition) is 0. The number of ether oxygens (including phenoxy) is 5.